The molecule has 2 aliphatic rings. The first-order valence-electron chi connectivity index (χ1n) is 48.1. The molecule has 5 unspecified atom stereocenters. The number of aliphatic hydroxyl groups is 1. The molecule has 3 aromatic carbocycles. The molecule has 0 radical (unpaired) electrons. The molecule has 4 aromatic rings. The number of Topliss-reactive ketones (excluding diaryl/α,β-unsaturated/α-hetero) is 6. The highest BCUT2D eigenvalue weighted by atomic mass is 16.4. The van der Waals surface area contributed by atoms with Gasteiger partial charge in [-0.05, 0) is 178 Å². The summed E-state index contributed by atoms with van der Waals surface area (Å²) in [7, 11) is 0. The van der Waals surface area contributed by atoms with E-state index in [9.17, 15) is 77.6 Å². The van der Waals surface area contributed by atoms with E-state index < -0.39 is 257 Å². The van der Waals surface area contributed by atoms with Gasteiger partial charge < -0.3 is 90.3 Å². The molecule has 0 spiro atoms. The van der Waals surface area contributed by atoms with Crippen molar-refractivity contribution >= 4 is 128 Å². The van der Waals surface area contributed by atoms with Crippen LogP contribution < -0.4 is 80.8 Å². The maximum atomic E-state index is 15.6. The third-order valence-corrected chi connectivity index (χ3v) is 25.7. The number of fused-ring (bicyclic) bond motifs is 1. The van der Waals surface area contributed by atoms with E-state index in [1.807, 2.05) is 19.1 Å². The minimum absolute atomic E-state index is 0.0294. The first-order valence-corrected chi connectivity index (χ1v) is 48.1. The van der Waals surface area contributed by atoms with E-state index in [0.29, 0.717) is 73.4 Å². The first kappa shape index (κ1) is 115. The minimum Gasteiger partial charge on any atom is -0.481 e. The molecular weight excluding hydrogens is 1790 g/mol. The number of rotatable bonds is 41. The predicted molar refractivity (Wildman–Crippen MR) is 515 cm³/mol. The lowest BCUT2D eigenvalue weighted by atomic mass is 9.78. The van der Waals surface area contributed by atoms with Gasteiger partial charge >= 0.3 is 11.9 Å². The minimum atomic E-state index is -2.09. The summed E-state index contributed by atoms with van der Waals surface area (Å²) < 4.78 is 0. The average molecular weight is 1940 g/mol. The number of aliphatic hydroxyl groups excluding tert-OH is 1. The molecule has 1 fully saturated rings. The third-order valence-electron chi connectivity index (χ3n) is 25.7. The number of para-hydroxylation sites is 1. The quantitative estimate of drug-likeness (QED) is 0.0170. The number of carbonyl (C=O) groups is 20. The molecule has 0 saturated heterocycles. The lowest BCUT2D eigenvalue weighted by Gasteiger charge is -2.35. The molecule has 1 aromatic heterocycles. The Morgan fingerprint density at radius 1 is 0.576 bits per heavy atom. The van der Waals surface area contributed by atoms with Crippen molar-refractivity contribution in [2.75, 3.05) is 6.54 Å². The molecule has 6 rings (SSSR count). The Bertz CT molecular complexity index is 5020. The highest BCUT2D eigenvalue weighted by Gasteiger charge is 2.45. The zero-order valence-electron chi connectivity index (χ0n) is 82.0. The van der Waals surface area contributed by atoms with Gasteiger partial charge in [0, 0.05) is 74.5 Å². The van der Waals surface area contributed by atoms with Crippen LogP contribution in [0.4, 0.5) is 0 Å². The summed E-state index contributed by atoms with van der Waals surface area (Å²) in [6, 6.07) is 4.41. The zero-order valence-corrected chi connectivity index (χ0v) is 82.0. The summed E-state index contributed by atoms with van der Waals surface area (Å²) >= 11 is 0. The van der Waals surface area contributed by atoms with Crippen molar-refractivity contribution in [3.63, 3.8) is 0 Å². The van der Waals surface area contributed by atoms with Crippen LogP contribution in [0.3, 0.4) is 0 Å². The molecule has 21 N–H and O–H groups in total. The highest BCUT2D eigenvalue weighted by molar-refractivity contribution is 6.41. The molecule has 12 amide bonds. The number of carbonyl (C=O) groups excluding carboxylic acids is 18. The number of aromatic carboxylic acids is 1. The van der Waals surface area contributed by atoms with Crippen LogP contribution in [0.5, 0.6) is 0 Å². The van der Waals surface area contributed by atoms with Crippen LogP contribution in [0.1, 0.15) is 252 Å². The molecule has 762 valence electrons. The van der Waals surface area contributed by atoms with Gasteiger partial charge in [-0.3, -0.25) is 91.1 Å². The lowest BCUT2D eigenvalue weighted by Crippen LogP contribution is -2.65. The molecule has 39 nitrogen and oxygen atoms in total. The largest absolute Gasteiger partial charge is 0.481 e. The number of allylic oxidation sites excluding steroid dienone is 2. The van der Waals surface area contributed by atoms with Crippen molar-refractivity contribution in [1.82, 2.24) is 74.3 Å². The number of H-pyrrole nitrogens is 1. The molecule has 18 atom stereocenters. The Hall–Kier alpha value is -12.6. The van der Waals surface area contributed by atoms with Crippen LogP contribution in [0.15, 0.2) is 97.2 Å². The molecule has 1 aliphatic heterocycles. The number of aromatic nitrogens is 1. The van der Waals surface area contributed by atoms with E-state index in [-0.39, 0.29) is 93.2 Å². The van der Waals surface area contributed by atoms with Gasteiger partial charge in [0.15, 0.2) is 11.6 Å². The molecule has 39 heteroatoms. The van der Waals surface area contributed by atoms with Gasteiger partial charge in [-0.25, -0.2) is 15.6 Å². The summed E-state index contributed by atoms with van der Waals surface area (Å²) in [5, 5.41) is 61.5. The van der Waals surface area contributed by atoms with Crippen LogP contribution in [0.2, 0.25) is 0 Å². The number of hydrogen-bond donors (Lipinski definition) is 19. The Balaban J connectivity index is 1.43. The summed E-state index contributed by atoms with van der Waals surface area (Å²) in [4.78, 5) is 285. The number of carboxylic acids is 2. The fourth-order valence-electron chi connectivity index (χ4n) is 16.6. The fourth-order valence-corrected chi connectivity index (χ4v) is 16.6. The standard InChI is InChI=1S/C100H144N16O23/c1-14-56(4)82(79(120)47-57(5)89(129)106-61(9)88(102)128)116-115-60(8)86(126)84(124)59(7)107-97(138)99(12)44-27-20-18-16-15-17-19-21-28-45-100(13,114-94(134)77(50-65-30-23-22-24-31-65)110-95(135)83(62(10)117)112-93(133)76(46-55(2)3)108-63(11)118)98(139)111-74(41-43-81(122)123)92(132)109-75(49-66-36-38-67(39-37-66)96(136)137)78(119)52-68(51-69-53-103-72-35-26-25-34-71(69)72)90(130)105-58(6)85(125)87(127)73(40-42-80(101)121)104-54-70(91(131)113-99)48-64-32-29-33-64/h16,18,22-26,30-31,34-39,53,55-62,64,68,70,73-77,82-83,103-104,115-117H,14-15,17,19-21,27-29,32-33,40-52,54H2,1-13H3,(H2,101,121)(H2,102,128)(H,105,130)(H,106,129)(H,107,138)(H,108,118)(H,109,132)(H,110,135)(H,111,139)(H,112,133)(H,113,131)(H,114,134)(H,122,123)(H,136,137)/b18-16+/t56?,57-,58?,59?,60?,61?,62+,68+,70+,73-,74-,75-,76-,77-,82-,83-,99-,100+/m0/s1. The SMILES string of the molecule is CCC(C)[C@H](NNC(C)C(=O)C(=O)C(C)NC(=O)[C@]1(C)CCC/C=C/CCCCCC[C@@](C)(NC(=O)[C@H](Cc2ccccc2)NC(=O)[C@@H](NC(=O)[C@H](CC(C)C)NC(C)=O)[C@@H](C)O)C(=O)N[C@@H](CCC(=O)O)C(=O)N[C@@H](Cc2ccc(C(=O)O)cc2)C(=O)C[C@@H](Cc2c[nH]c3ccccc23)C(=O)NC(C)C(=O)C(=O)[C@H](CCC(N)=O)NC[C@@H](CC2CCC2)C(=O)N1)C(=O)C[C@H](C)C(=O)NC(C)C(N)=O. The zero-order chi connectivity index (χ0) is 103. The van der Waals surface area contributed by atoms with E-state index in [4.69, 9.17) is 11.5 Å². The van der Waals surface area contributed by atoms with Crippen molar-refractivity contribution in [3.8, 4) is 0 Å². The number of carboxylic acid groups (broad SMARTS) is 2. The highest BCUT2D eigenvalue weighted by Crippen LogP contribution is 2.34. The van der Waals surface area contributed by atoms with E-state index in [2.05, 4.69) is 74.3 Å². The van der Waals surface area contributed by atoms with Gasteiger partial charge in [0.1, 0.15) is 41.3 Å². The number of primary amides is 2. The van der Waals surface area contributed by atoms with Gasteiger partial charge in [-0.15, -0.1) is 0 Å². The number of ketones is 6. The number of nitrogens with two attached hydrogens (primary N) is 2. The molecule has 0 bridgehead atoms. The van der Waals surface area contributed by atoms with Crippen molar-refractivity contribution in [2.24, 2.45) is 47.0 Å². The van der Waals surface area contributed by atoms with Crippen LogP contribution in [0.25, 0.3) is 10.9 Å². The number of hydrogen-bond acceptors (Lipinski definition) is 24. The van der Waals surface area contributed by atoms with Gasteiger partial charge in [-0.1, -0.05) is 152 Å². The Morgan fingerprint density at radius 2 is 1.22 bits per heavy atom. The van der Waals surface area contributed by atoms with E-state index in [1.54, 1.807) is 81.6 Å². The Labute approximate surface area is 810 Å². The predicted octanol–water partition coefficient (Wildman–Crippen LogP) is 3.83. The third kappa shape index (κ3) is 36.9. The van der Waals surface area contributed by atoms with E-state index in [0.717, 1.165) is 6.42 Å². The van der Waals surface area contributed by atoms with Gasteiger partial charge in [0.2, 0.25) is 94.0 Å². The second-order valence-electron chi connectivity index (χ2n) is 38.1. The number of hydrazine groups is 1. The van der Waals surface area contributed by atoms with E-state index in [1.165, 1.54) is 86.6 Å². The van der Waals surface area contributed by atoms with Gasteiger partial charge in [0.25, 0.3) is 0 Å². The van der Waals surface area contributed by atoms with Crippen molar-refractivity contribution in [3.05, 3.63) is 119 Å². The normalized spacial score (nSPS) is 22.7. The lowest BCUT2D eigenvalue weighted by molar-refractivity contribution is -0.141. The monoisotopic (exact) mass is 1940 g/mol. The molecular formula is C100H144N16O23. The molecule has 139 heavy (non-hydrogen) atoms. The second-order valence-corrected chi connectivity index (χ2v) is 38.1. The van der Waals surface area contributed by atoms with Crippen molar-refractivity contribution < 1.29 is 111 Å². The van der Waals surface area contributed by atoms with Crippen LogP contribution >= 0.6 is 0 Å². The van der Waals surface area contributed by atoms with E-state index >= 15 is 33.6 Å². The number of aliphatic carboxylic acids is 1. The maximum absolute atomic E-state index is 15.6. The number of nitrogens with one attached hydrogen (secondary N) is 14. The van der Waals surface area contributed by atoms with Crippen LogP contribution in [0, 0.1) is 35.5 Å². The molecule has 1 saturated carbocycles. The summed E-state index contributed by atoms with van der Waals surface area (Å²) in [5.74, 6) is -22.9. The number of aromatic amines is 1. The Morgan fingerprint density at radius 3 is 1.83 bits per heavy atom. The maximum Gasteiger partial charge on any atom is 0.335 e. The van der Waals surface area contributed by atoms with Crippen LogP contribution in [-0.2, 0) is 110 Å². The average Bonchev–Trinajstić information content (AvgIpc) is 1.67. The Kier molecular flexibility index (Phi) is 46.2. The molecule has 1 aliphatic carbocycles. The second kappa shape index (κ2) is 55.8. The first-order chi connectivity index (χ1) is 65.5. The summed E-state index contributed by atoms with van der Waals surface area (Å²) in [5.41, 5.74) is 14.4. The summed E-state index contributed by atoms with van der Waals surface area (Å²) in [6.45, 7) is 18.8. The summed E-state index contributed by atoms with van der Waals surface area (Å²) in [6.07, 6.45) is 4.80. The molecule has 2 heterocycles. The topological polar surface area (TPSA) is 626 Å². The van der Waals surface area contributed by atoms with Crippen LogP contribution in [-0.4, -0.2) is 228 Å². The number of amides is 12. The smallest absolute Gasteiger partial charge is 0.335 e. The fraction of sp³-hybridized carbons (Fsp3) is 0.580. The van der Waals surface area contributed by atoms with Gasteiger partial charge in [0.05, 0.1) is 53.8 Å². The van der Waals surface area contributed by atoms with Gasteiger partial charge in [-0.2, -0.15) is 0 Å². The van der Waals surface area contributed by atoms with Crippen molar-refractivity contribution in [1.29, 1.82) is 0 Å². The number of benzene rings is 3. The van der Waals surface area contributed by atoms with Crippen molar-refractivity contribution in [2.45, 2.75) is 328 Å².